The molecule has 78 valence electrons. The highest BCUT2D eigenvalue weighted by Crippen LogP contribution is 2.19. The Morgan fingerprint density at radius 1 is 1.36 bits per heavy atom. The van der Waals surface area contributed by atoms with E-state index in [1.54, 1.807) is 13.8 Å². The molecule has 0 atom stereocenters. The summed E-state index contributed by atoms with van der Waals surface area (Å²) in [6.45, 7) is 5.57. The van der Waals surface area contributed by atoms with E-state index in [1.165, 1.54) is 7.11 Å². The van der Waals surface area contributed by atoms with Crippen LogP contribution in [0.5, 0.6) is 5.95 Å². The van der Waals surface area contributed by atoms with Gasteiger partial charge < -0.3 is 9.15 Å². The Morgan fingerprint density at radius 3 is 2.50 bits per heavy atom. The Hall–Kier alpha value is -1.25. The van der Waals surface area contributed by atoms with Crippen molar-refractivity contribution in [2.24, 2.45) is 0 Å². The lowest BCUT2D eigenvalue weighted by molar-refractivity contribution is 0.281. The van der Waals surface area contributed by atoms with E-state index < -0.39 is 0 Å². The predicted octanol–water partition coefficient (Wildman–Crippen LogP) is 2.22. The van der Waals surface area contributed by atoms with Gasteiger partial charge in [-0.15, -0.1) is 0 Å². The van der Waals surface area contributed by atoms with E-state index in [2.05, 4.69) is 0 Å². The molecule has 0 aliphatic carbocycles. The second kappa shape index (κ2) is 4.31. The Labute approximate surface area is 83.7 Å². The summed E-state index contributed by atoms with van der Waals surface area (Å²) in [5, 5.41) is 0. The van der Waals surface area contributed by atoms with Gasteiger partial charge in [-0.25, -0.2) is 0 Å². The summed E-state index contributed by atoms with van der Waals surface area (Å²) in [7, 11) is 1.52. The van der Waals surface area contributed by atoms with Gasteiger partial charge in [-0.1, -0.05) is 13.3 Å². The minimum absolute atomic E-state index is 0.0486. The van der Waals surface area contributed by atoms with Gasteiger partial charge in [-0.3, -0.25) is 4.79 Å². The summed E-state index contributed by atoms with van der Waals surface area (Å²) in [6, 6.07) is 0. The lowest BCUT2D eigenvalue weighted by Crippen LogP contribution is -2.14. The zero-order chi connectivity index (χ0) is 10.7. The molecule has 0 bridgehead atoms. The quantitative estimate of drug-likeness (QED) is 0.744. The maximum atomic E-state index is 11.8. The van der Waals surface area contributed by atoms with Gasteiger partial charge in [0.2, 0.25) is 0 Å². The Morgan fingerprint density at radius 2 is 2.00 bits per heavy atom. The topological polar surface area (TPSA) is 39.4 Å². The van der Waals surface area contributed by atoms with Gasteiger partial charge in [0.15, 0.2) is 5.43 Å². The van der Waals surface area contributed by atoms with Gasteiger partial charge in [-0.2, -0.15) is 0 Å². The molecule has 0 radical (unpaired) electrons. The first-order valence-corrected chi connectivity index (χ1v) is 4.79. The molecule has 0 amide bonds. The fourth-order valence-corrected chi connectivity index (χ4v) is 1.39. The van der Waals surface area contributed by atoms with Crippen molar-refractivity contribution in [2.75, 3.05) is 7.11 Å². The van der Waals surface area contributed by atoms with Crippen molar-refractivity contribution in [3.63, 3.8) is 0 Å². The van der Waals surface area contributed by atoms with E-state index in [0.717, 1.165) is 6.42 Å². The molecule has 0 saturated carbocycles. The molecule has 1 aromatic rings. The molecule has 0 N–H and O–H groups in total. The van der Waals surface area contributed by atoms with Crippen LogP contribution >= 0.6 is 0 Å². The summed E-state index contributed by atoms with van der Waals surface area (Å²) in [5.74, 6) is 0.992. The molecule has 3 heteroatoms. The molecule has 0 unspecified atom stereocenters. The molecule has 0 saturated heterocycles. The highest BCUT2D eigenvalue weighted by molar-refractivity contribution is 5.30. The van der Waals surface area contributed by atoms with Crippen molar-refractivity contribution >= 4 is 0 Å². The maximum Gasteiger partial charge on any atom is 0.291 e. The molecule has 0 spiro atoms. The van der Waals surface area contributed by atoms with E-state index in [1.807, 2.05) is 6.92 Å². The number of hydrogen-bond donors (Lipinski definition) is 0. The van der Waals surface area contributed by atoms with Crippen LogP contribution in [0.25, 0.3) is 0 Å². The summed E-state index contributed by atoms with van der Waals surface area (Å²) < 4.78 is 10.4. The largest absolute Gasteiger partial charge is 0.468 e. The molecular weight excluding hydrogens is 180 g/mol. The summed E-state index contributed by atoms with van der Waals surface area (Å²) in [6.07, 6.45) is 1.61. The molecule has 1 aromatic heterocycles. The average Bonchev–Trinajstić information content (AvgIpc) is 2.19. The van der Waals surface area contributed by atoms with Crippen LogP contribution in [0.15, 0.2) is 9.21 Å². The lowest BCUT2D eigenvalue weighted by atomic mass is 10.1. The van der Waals surface area contributed by atoms with Crippen LogP contribution in [-0.4, -0.2) is 7.11 Å². The Kier molecular flexibility index (Phi) is 3.33. The van der Waals surface area contributed by atoms with Crippen molar-refractivity contribution in [2.45, 2.75) is 33.6 Å². The standard InChI is InChI=1S/C11H16O3/c1-5-6-9-10(12)7(2)8(3)14-11(9)13-4/h5-6H2,1-4H3. The zero-order valence-corrected chi connectivity index (χ0v) is 9.14. The van der Waals surface area contributed by atoms with E-state index in [0.29, 0.717) is 29.3 Å². The summed E-state index contributed by atoms with van der Waals surface area (Å²) in [4.78, 5) is 11.8. The number of aryl methyl sites for hydroxylation is 1. The van der Waals surface area contributed by atoms with Gasteiger partial charge >= 0.3 is 0 Å². The van der Waals surface area contributed by atoms with Crippen molar-refractivity contribution in [3.05, 3.63) is 27.1 Å². The maximum absolute atomic E-state index is 11.8. The lowest BCUT2D eigenvalue weighted by Gasteiger charge is -2.08. The van der Waals surface area contributed by atoms with Crippen molar-refractivity contribution < 1.29 is 9.15 Å². The molecule has 0 aliphatic heterocycles. The second-order valence-corrected chi connectivity index (χ2v) is 3.33. The van der Waals surface area contributed by atoms with Gasteiger partial charge in [0, 0.05) is 5.56 Å². The molecule has 1 heterocycles. The number of hydrogen-bond acceptors (Lipinski definition) is 3. The summed E-state index contributed by atoms with van der Waals surface area (Å²) in [5.41, 5.74) is 1.37. The van der Waals surface area contributed by atoms with E-state index in [4.69, 9.17) is 9.15 Å². The third-order valence-electron chi connectivity index (χ3n) is 2.32. The van der Waals surface area contributed by atoms with Crippen LogP contribution in [0.4, 0.5) is 0 Å². The third-order valence-corrected chi connectivity index (χ3v) is 2.32. The molecular formula is C11H16O3. The van der Waals surface area contributed by atoms with Gasteiger partial charge in [0.05, 0.1) is 12.7 Å². The first kappa shape index (κ1) is 10.8. The summed E-state index contributed by atoms with van der Waals surface area (Å²) >= 11 is 0. The molecule has 0 aromatic carbocycles. The zero-order valence-electron chi connectivity index (χ0n) is 9.14. The fourth-order valence-electron chi connectivity index (χ4n) is 1.39. The highest BCUT2D eigenvalue weighted by Gasteiger charge is 2.13. The first-order valence-electron chi connectivity index (χ1n) is 4.79. The van der Waals surface area contributed by atoms with Gasteiger partial charge in [-0.05, 0) is 20.3 Å². The number of methoxy groups -OCH3 is 1. The monoisotopic (exact) mass is 196 g/mol. The molecule has 3 nitrogen and oxygen atoms in total. The first-order chi connectivity index (χ1) is 6.61. The van der Waals surface area contributed by atoms with Crippen LogP contribution < -0.4 is 10.2 Å². The van der Waals surface area contributed by atoms with Gasteiger partial charge in [0.1, 0.15) is 5.76 Å². The molecule has 14 heavy (non-hydrogen) atoms. The van der Waals surface area contributed by atoms with Gasteiger partial charge in [0.25, 0.3) is 5.95 Å². The predicted molar refractivity (Wildman–Crippen MR) is 55.0 cm³/mol. The van der Waals surface area contributed by atoms with Crippen molar-refractivity contribution in [1.29, 1.82) is 0 Å². The molecule has 1 rings (SSSR count). The number of rotatable bonds is 3. The Balaban J connectivity index is 3.37. The fraction of sp³-hybridized carbons (Fsp3) is 0.545. The third kappa shape index (κ3) is 1.81. The van der Waals surface area contributed by atoms with Crippen molar-refractivity contribution in [3.8, 4) is 5.95 Å². The smallest absolute Gasteiger partial charge is 0.291 e. The minimum atomic E-state index is 0.0486. The normalized spacial score (nSPS) is 10.3. The second-order valence-electron chi connectivity index (χ2n) is 3.33. The van der Waals surface area contributed by atoms with E-state index >= 15 is 0 Å². The molecule has 0 aliphatic rings. The van der Waals surface area contributed by atoms with Crippen LogP contribution in [0.2, 0.25) is 0 Å². The highest BCUT2D eigenvalue weighted by atomic mass is 16.6. The van der Waals surface area contributed by atoms with Crippen LogP contribution in [0, 0.1) is 13.8 Å². The van der Waals surface area contributed by atoms with Crippen LogP contribution in [-0.2, 0) is 6.42 Å². The average molecular weight is 196 g/mol. The van der Waals surface area contributed by atoms with Crippen LogP contribution in [0.1, 0.15) is 30.2 Å². The van der Waals surface area contributed by atoms with Crippen LogP contribution in [0.3, 0.4) is 0 Å². The Bertz CT molecular complexity index is 377. The van der Waals surface area contributed by atoms with E-state index in [9.17, 15) is 4.79 Å². The molecule has 0 fully saturated rings. The van der Waals surface area contributed by atoms with Crippen molar-refractivity contribution in [1.82, 2.24) is 0 Å². The minimum Gasteiger partial charge on any atom is -0.468 e. The van der Waals surface area contributed by atoms with E-state index in [-0.39, 0.29) is 5.43 Å². The number of ether oxygens (including phenoxy) is 1. The SMILES string of the molecule is CCCc1c(OC)oc(C)c(C)c1=O.